The Kier molecular flexibility index (Phi) is 3.41. The van der Waals surface area contributed by atoms with E-state index in [1.54, 1.807) is 17.7 Å². The minimum absolute atomic E-state index is 0.336. The molecule has 0 aliphatic carbocycles. The molecule has 1 saturated heterocycles. The van der Waals surface area contributed by atoms with E-state index in [1.807, 2.05) is 0 Å². The molecule has 0 amide bonds. The molecule has 19 heavy (non-hydrogen) atoms. The average Bonchev–Trinajstić information content (AvgIpc) is 2.79. The molecule has 2 atom stereocenters. The lowest BCUT2D eigenvalue weighted by molar-refractivity contribution is 0.347. The van der Waals surface area contributed by atoms with E-state index in [-0.39, 0.29) is 0 Å². The molecule has 0 saturated carbocycles. The zero-order chi connectivity index (χ0) is 13.4. The van der Waals surface area contributed by atoms with Crippen LogP contribution in [0.2, 0.25) is 0 Å². The Morgan fingerprint density at radius 2 is 2.32 bits per heavy atom. The van der Waals surface area contributed by atoms with Gasteiger partial charge >= 0.3 is 0 Å². The molecule has 1 fully saturated rings. The van der Waals surface area contributed by atoms with E-state index >= 15 is 0 Å². The number of aromatic nitrogens is 2. The summed E-state index contributed by atoms with van der Waals surface area (Å²) in [7, 11) is 0. The van der Waals surface area contributed by atoms with E-state index in [2.05, 4.69) is 34.8 Å². The van der Waals surface area contributed by atoms with E-state index in [0.29, 0.717) is 12.0 Å². The summed E-state index contributed by atoms with van der Waals surface area (Å²) in [6.07, 6.45) is 3.87. The first-order valence-electron chi connectivity index (χ1n) is 6.90. The first-order chi connectivity index (χ1) is 9.19. The van der Waals surface area contributed by atoms with Gasteiger partial charge in [-0.15, -0.1) is 11.3 Å². The summed E-state index contributed by atoms with van der Waals surface area (Å²) in [5.41, 5.74) is 6.19. The zero-order valence-corrected chi connectivity index (χ0v) is 12.3. The molecule has 102 valence electrons. The van der Waals surface area contributed by atoms with Gasteiger partial charge in [-0.2, -0.15) is 0 Å². The number of hydrogen-bond donors (Lipinski definition) is 1. The van der Waals surface area contributed by atoms with Gasteiger partial charge in [-0.25, -0.2) is 9.97 Å². The van der Waals surface area contributed by atoms with Gasteiger partial charge in [0.25, 0.3) is 0 Å². The SMILES string of the molecule is CCC1CN(c2ncnc3sc(C)cc23)CCC1N. The summed E-state index contributed by atoms with van der Waals surface area (Å²) in [6.45, 7) is 6.35. The molecule has 1 aliphatic heterocycles. The van der Waals surface area contributed by atoms with Gasteiger partial charge in [0.05, 0.1) is 5.39 Å². The molecule has 2 aromatic heterocycles. The molecule has 0 aromatic carbocycles. The lowest BCUT2D eigenvalue weighted by atomic mass is 9.90. The fourth-order valence-electron chi connectivity index (χ4n) is 2.89. The number of nitrogens with two attached hydrogens (primary N) is 1. The minimum atomic E-state index is 0.336. The topological polar surface area (TPSA) is 55.0 Å². The van der Waals surface area contributed by atoms with Crippen molar-refractivity contribution in [1.29, 1.82) is 0 Å². The van der Waals surface area contributed by atoms with E-state index in [4.69, 9.17) is 5.73 Å². The first kappa shape index (κ1) is 12.8. The van der Waals surface area contributed by atoms with Gasteiger partial charge in [-0.05, 0) is 25.3 Å². The van der Waals surface area contributed by atoms with E-state index in [0.717, 1.165) is 36.6 Å². The van der Waals surface area contributed by atoms with Crippen molar-refractivity contribution in [3.05, 3.63) is 17.3 Å². The van der Waals surface area contributed by atoms with E-state index in [9.17, 15) is 0 Å². The molecule has 3 heterocycles. The third kappa shape index (κ3) is 2.32. The van der Waals surface area contributed by atoms with Crippen molar-refractivity contribution in [2.24, 2.45) is 11.7 Å². The van der Waals surface area contributed by atoms with Gasteiger partial charge in [0, 0.05) is 24.0 Å². The lowest BCUT2D eigenvalue weighted by Crippen LogP contribution is -2.47. The van der Waals surface area contributed by atoms with Gasteiger partial charge in [-0.3, -0.25) is 0 Å². The largest absolute Gasteiger partial charge is 0.356 e. The summed E-state index contributed by atoms with van der Waals surface area (Å²) in [4.78, 5) is 13.6. The Labute approximate surface area is 117 Å². The fourth-order valence-corrected chi connectivity index (χ4v) is 3.73. The van der Waals surface area contributed by atoms with Gasteiger partial charge in [0.1, 0.15) is 17.0 Å². The molecule has 3 rings (SSSR count). The normalized spacial score (nSPS) is 24.1. The Bertz CT molecular complexity index is 580. The van der Waals surface area contributed by atoms with Crippen molar-refractivity contribution in [2.45, 2.75) is 32.7 Å². The maximum atomic E-state index is 6.19. The second kappa shape index (κ2) is 5.06. The van der Waals surface area contributed by atoms with E-state index in [1.165, 1.54) is 10.3 Å². The van der Waals surface area contributed by atoms with Gasteiger partial charge in [0.2, 0.25) is 0 Å². The lowest BCUT2D eigenvalue weighted by Gasteiger charge is -2.37. The van der Waals surface area contributed by atoms with Crippen LogP contribution >= 0.6 is 11.3 Å². The van der Waals surface area contributed by atoms with Crippen molar-refractivity contribution in [2.75, 3.05) is 18.0 Å². The highest BCUT2D eigenvalue weighted by atomic mass is 32.1. The average molecular weight is 276 g/mol. The predicted octanol–water partition coefficient (Wildman–Crippen LogP) is 2.56. The highest BCUT2D eigenvalue weighted by Crippen LogP contribution is 2.32. The van der Waals surface area contributed by atoms with E-state index < -0.39 is 0 Å². The number of hydrogen-bond acceptors (Lipinski definition) is 5. The standard InChI is InChI=1S/C14H20N4S/c1-3-10-7-18(5-4-12(10)15)13-11-6-9(2)19-14(11)17-8-16-13/h6,8,10,12H,3-5,7,15H2,1-2H3. The maximum absolute atomic E-state index is 6.19. The van der Waals surface area contributed by atoms with Gasteiger partial charge in [0.15, 0.2) is 0 Å². The molecular formula is C14H20N4S. The summed E-state index contributed by atoms with van der Waals surface area (Å²) in [5, 5.41) is 1.19. The molecule has 2 N–H and O–H groups in total. The smallest absolute Gasteiger partial charge is 0.140 e. The van der Waals surface area contributed by atoms with Gasteiger partial charge < -0.3 is 10.6 Å². The summed E-state index contributed by atoms with van der Waals surface area (Å²) in [6, 6.07) is 2.54. The molecule has 1 aliphatic rings. The third-order valence-corrected chi connectivity index (χ3v) is 5.01. The molecule has 0 spiro atoms. The van der Waals surface area contributed by atoms with Crippen molar-refractivity contribution >= 4 is 27.4 Å². The number of piperidine rings is 1. The van der Waals surface area contributed by atoms with Crippen LogP contribution in [0.15, 0.2) is 12.4 Å². The maximum Gasteiger partial charge on any atom is 0.140 e. The Hall–Kier alpha value is -1.20. The third-order valence-electron chi connectivity index (χ3n) is 4.05. The van der Waals surface area contributed by atoms with Crippen LogP contribution in [0, 0.1) is 12.8 Å². The Balaban J connectivity index is 1.95. The number of nitrogens with zero attached hydrogens (tertiary/aromatic N) is 3. The molecule has 2 unspecified atom stereocenters. The second-order valence-corrected chi connectivity index (χ2v) is 6.57. The highest BCUT2D eigenvalue weighted by Gasteiger charge is 2.27. The number of rotatable bonds is 2. The van der Waals surface area contributed by atoms with Crippen LogP contribution < -0.4 is 10.6 Å². The highest BCUT2D eigenvalue weighted by molar-refractivity contribution is 7.18. The van der Waals surface area contributed by atoms with Crippen molar-refractivity contribution in [1.82, 2.24) is 9.97 Å². The monoisotopic (exact) mass is 276 g/mol. The number of thiophene rings is 1. The van der Waals surface area contributed by atoms with Crippen molar-refractivity contribution in [3.8, 4) is 0 Å². The van der Waals surface area contributed by atoms with Crippen LogP contribution in [0.5, 0.6) is 0 Å². The number of anilines is 1. The van der Waals surface area contributed by atoms with Crippen LogP contribution in [-0.2, 0) is 0 Å². The molecule has 4 nitrogen and oxygen atoms in total. The minimum Gasteiger partial charge on any atom is -0.356 e. The van der Waals surface area contributed by atoms with Crippen LogP contribution in [0.3, 0.4) is 0 Å². The van der Waals surface area contributed by atoms with Crippen LogP contribution in [0.25, 0.3) is 10.2 Å². The molecule has 0 radical (unpaired) electrons. The summed E-state index contributed by atoms with van der Waals surface area (Å²) in [5.74, 6) is 1.65. The van der Waals surface area contributed by atoms with Crippen LogP contribution in [-0.4, -0.2) is 29.1 Å². The Morgan fingerprint density at radius 3 is 3.11 bits per heavy atom. The fraction of sp³-hybridized carbons (Fsp3) is 0.571. The van der Waals surface area contributed by atoms with Crippen molar-refractivity contribution in [3.63, 3.8) is 0 Å². The van der Waals surface area contributed by atoms with Crippen LogP contribution in [0.1, 0.15) is 24.6 Å². The second-order valence-electron chi connectivity index (χ2n) is 5.34. The summed E-state index contributed by atoms with van der Waals surface area (Å²) >= 11 is 1.73. The molecule has 2 aromatic rings. The van der Waals surface area contributed by atoms with Crippen LogP contribution in [0.4, 0.5) is 5.82 Å². The number of fused-ring (bicyclic) bond motifs is 1. The molecular weight excluding hydrogens is 256 g/mol. The van der Waals surface area contributed by atoms with Gasteiger partial charge in [-0.1, -0.05) is 13.3 Å². The Morgan fingerprint density at radius 1 is 1.47 bits per heavy atom. The van der Waals surface area contributed by atoms with Crippen molar-refractivity contribution < 1.29 is 0 Å². The predicted molar refractivity (Wildman–Crippen MR) is 80.7 cm³/mol. The summed E-state index contributed by atoms with van der Waals surface area (Å²) < 4.78 is 0. The molecule has 0 bridgehead atoms. The molecule has 5 heteroatoms. The number of aryl methyl sites for hydroxylation is 1. The quantitative estimate of drug-likeness (QED) is 0.916. The zero-order valence-electron chi connectivity index (χ0n) is 11.5. The first-order valence-corrected chi connectivity index (χ1v) is 7.72.